The molecule has 1 saturated carbocycles. The Labute approximate surface area is 86.1 Å². The Balaban J connectivity index is 2.48. The fraction of sp³-hybridized carbons (Fsp3) is 0.333. The molecule has 1 aliphatic carbocycles. The van der Waals surface area contributed by atoms with Crippen molar-refractivity contribution >= 4 is 23.2 Å². The zero-order valence-corrected chi connectivity index (χ0v) is 8.23. The van der Waals surface area contributed by atoms with Gasteiger partial charge in [0.15, 0.2) is 0 Å². The SMILES string of the molecule is N#CC1(c2ncc(Cl)cc2Cl)CC1. The first kappa shape index (κ1) is 8.80. The first-order valence-corrected chi connectivity index (χ1v) is 4.66. The van der Waals surface area contributed by atoms with Crippen LogP contribution in [0.1, 0.15) is 18.5 Å². The average Bonchev–Trinajstić information content (AvgIpc) is 2.85. The molecule has 0 unspecified atom stereocenters. The molecule has 0 N–H and O–H groups in total. The van der Waals surface area contributed by atoms with Gasteiger partial charge in [-0.3, -0.25) is 4.98 Å². The first-order valence-electron chi connectivity index (χ1n) is 3.91. The zero-order valence-electron chi connectivity index (χ0n) is 6.72. The summed E-state index contributed by atoms with van der Waals surface area (Å²) in [5, 5.41) is 9.92. The molecule has 1 aliphatic rings. The number of hydrogen-bond acceptors (Lipinski definition) is 2. The van der Waals surface area contributed by atoms with Crippen LogP contribution in [-0.4, -0.2) is 4.98 Å². The molecule has 4 heteroatoms. The van der Waals surface area contributed by atoms with Gasteiger partial charge in [-0.15, -0.1) is 0 Å². The Morgan fingerprint density at radius 1 is 1.46 bits per heavy atom. The molecular weight excluding hydrogens is 207 g/mol. The lowest BCUT2D eigenvalue weighted by atomic mass is 10.0. The highest BCUT2D eigenvalue weighted by Crippen LogP contribution is 2.49. The van der Waals surface area contributed by atoms with E-state index in [0.29, 0.717) is 15.7 Å². The largest absolute Gasteiger partial charge is 0.256 e. The first-order chi connectivity index (χ1) is 6.18. The van der Waals surface area contributed by atoms with Gasteiger partial charge in [0.2, 0.25) is 0 Å². The lowest BCUT2D eigenvalue weighted by molar-refractivity contribution is 0.855. The van der Waals surface area contributed by atoms with Gasteiger partial charge in [-0.25, -0.2) is 0 Å². The van der Waals surface area contributed by atoms with Crippen LogP contribution >= 0.6 is 23.2 Å². The lowest BCUT2D eigenvalue weighted by Crippen LogP contribution is -2.06. The van der Waals surface area contributed by atoms with Gasteiger partial charge < -0.3 is 0 Å². The smallest absolute Gasteiger partial charge is 0.101 e. The molecule has 0 atom stereocenters. The van der Waals surface area contributed by atoms with E-state index in [1.807, 2.05) is 0 Å². The maximum Gasteiger partial charge on any atom is 0.101 e. The van der Waals surface area contributed by atoms with Crippen molar-refractivity contribution in [2.45, 2.75) is 18.3 Å². The Morgan fingerprint density at radius 3 is 2.62 bits per heavy atom. The second kappa shape index (κ2) is 2.87. The normalized spacial score (nSPS) is 17.9. The number of halogens is 2. The summed E-state index contributed by atoms with van der Waals surface area (Å²) in [6.07, 6.45) is 3.22. The number of nitrogens with zero attached hydrogens (tertiary/aromatic N) is 2. The fourth-order valence-corrected chi connectivity index (χ4v) is 1.85. The van der Waals surface area contributed by atoms with E-state index in [1.54, 1.807) is 6.07 Å². The molecule has 1 aromatic heterocycles. The Hall–Kier alpha value is -0.780. The van der Waals surface area contributed by atoms with E-state index < -0.39 is 5.41 Å². The van der Waals surface area contributed by atoms with E-state index in [0.717, 1.165) is 12.8 Å². The molecule has 0 bridgehead atoms. The monoisotopic (exact) mass is 212 g/mol. The topological polar surface area (TPSA) is 36.7 Å². The molecule has 1 heterocycles. The summed E-state index contributed by atoms with van der Waals surface area (Å²) in [6, 6.07) is 3.87. The summed E-state index contributed by atoms with van der Waals surface area (Å²) in [7, 11) is 0. The van der Waals surface area contributed by atoms with Crippen LogP contribution in [0.15, 0.2) is 12.3 Å². The number of nitriles is 1. The van der Waals surface area contributed by atoms with Gasteiger partial charge in [0.1, 0.15) is 5.41 Å². The molecule has 0 aromatic carbocycles. The van der Waals surface area contributed by atoms with Crippen molar-refractivity contribution in [3.8, 4) is 6.07 Å². The van der Waals surface area contributed by atoms with E-state index >= 15 is 0 Å². The predicted molar refractivity (Wildman–Crippen MR) is 50.8 cm³/mol. The van der Waals surface area contributed by atoms with Crippen LogP contribution in [-0.2, 0) is 5.41 Å². The molecule has 1 aromatic rings. The standard InChI is InChI=1S/C9H6Cl2N2/c10-6-3-7(11)8(13-4-6)9(5-12)1-2-9/h3-4H,1-2H2. The third-order valence-corrected chi connectivity index (χ3v) is 2.72. The van der Waals surface area contributed by atoms with Crippen LogP contribution in [0.3, 0.4) is 0 Å². The Kier molecular flexibility index (Phi) is 1.94. The van der Waals surface area contributed by atoms with Crippen LogP contribution in [0.25, 0.3) is 0 Å². The van der Waals surface area contributed by atoms with E-state index in [-0.39, 0.29) is 0 Å². The quantitative estimate of drug-likeness (QED) is 0.718. The molecule has 13 heavy (non-hydrogen) atoms. The van der Waals surface area contributed by atoms with Crippen LogP contribution < -0.4 is 0 Å². The lowest BCUT2D eigenvalue weighted by Gasteiger charge is -2.06. The summed E-state index contributed by atoms with van der Waals surface area (Å²) < 4.78 is 0. The van der Waals surface area contributed by atoms with Gasteiger partial charge in [-0.2, -0.15) is 5.26 Å². The van der Waals surface area contributed by atoms with E-state index in [4.69, 9.17) is 28.5 Å². The predicted octanol–water partition coefficient (Wildman–Crippen LogP) is 2.94. The number of aromatic nitrogens is 1. The second-order valence-electron chi connectivity index (χ2n) is 3.18. The fourth-order valence-electron chi connectivity index (χ4n) is 1.29. The molecule has 0 spiro atoms. The molecule has 2 nitrogen and oxygen atoms in total. The molecule has 0 aliphatic heterocycles. The molecule has 66 valence electrons. The van der Waals surface area contributed by atoms with E-state index in [2.05, 4.69) is 11.1 Å². The summed E-state index contributed by atoms with van der Waals surface area (Å²) in [5.74, 6) is 0. The molecule has 0 saturated heterocycles. The zero-order chi connectivity index (χ0) is 9.47. The van der Waals surface area contributed by atoms with Crippen LogP contribution in [0.4, 0.5) is 0 Å². The minimum Gasteiger partial charge on any atom is -0.256 e. The highest BCUT2D eigenvalue weighted by molar-refractivity contribution is 6.34. The molecule has 0 amide bonds. The van der Waals surface area contributed by atoms with Gasteiger partial charge in [0.25, 0.3) is 0 Å². The summed E-state index contributed by atoms with van der Waals surface area (Å²) in [4.78, 5) is 4.10. The van der Waals surface area contributed by atoms with Crippen molar-refractivity contribution < 1.29 is 0 Å². The maximum absolute atomic E-state index is 8.92. The second-order valence-corrected chi connectivity index (χ2v) is 4.02. The Bertz CT molecular complexity index is 391. The van der Waals surface area contributed by atoms with Crippen molar-refractivity contribution in [3.05, 3.63) is 28.0 Å². The third-order valence-electron chi connectivity index (χ3n) is 2.23. The molecule has 0 radical (unpaired) electrons. The third kappa shape index (κ3) is 1.39. The van der Waals surface area contributed by atoms with Crippen molar-refractivity contribution in [2.24, 2.45) is 0 Å². The van der Waals surface area contributed by atoms with Crippen molar-refractivity contribution in [2.75, 3.05) is 0 Å². The molecular formula is C9H6Cl2N2. The molecule has 1 fully saturated rings. The summed E-state index contributed by atoms with van der Waals surface area (Å²) in [5.41, 5.74) is 0.239. The summed E-state index contributed by atoms with van der Waals surface area (Å²) >= 11 is 11.6. The van der Waals surface area contributed by atoms with Crippen LogP contribution in [0.5, 0.6) is 0 Å². The van der Waals surface area contributed by atoms with Gasteiger partial charge in [0.05, 0.1) is 21.8 Å². The molecule has 2 rings (SSSR count). The minimum absolute atomic E-state index is 0.429. The van der Waals surface area contributed by atoms with Crippen LogP contribution in [0.2, 0.25) is 10.0 Å². The highest BCUT2D eigenvalue weighted by Gasteiger charge is 2.47. The van der Waals surface area contributed by atoms with Crippen molar-refractivity contribution in [1.29, 1.82) is 5.26 Å². The van der Waals surface area contributed by atoms with Gasteiger partial charge in [0, 0.05) is 6.20 Å². The Morgan fingerprint density at radius 2 is 2.15 bits per heavy atom. The van der Waals surface area contributed by atoms with Crippen molar-refractivity contribution in [1.82, 2.24) is 4.98 Å². The summed E-state index contributed by atoms with van der Waals surface area (Å²) in [6.45, 7) is 0. The van der Waals surface area contributed by atoms with E-state index in [9.17, 15) is 0 Å². The van der Waals surface area contributed by atoms with Gasteiger partial charge >= 0.3 is 0 Å². The average molecular weight is 213 g/mol. The minimum atomic E-state index is -0.429. The van der Waals surface area contributed by atoms with Gasteiger partial charge in [-0.1, -0.05) is 23.2 Å². The van der Waals surface area contributed by atoms with Crippen molar-refractivity contribution in [3.63, 3.8) is 0 Å². The number of hydrogen-bond donors (Lipinski definition) is 0. The van der Waals surface area contributed by atoms with Crippen LogP contribution in [0, 0.1) is 11.3 Å². The van der Waals surface area contributed by atoms with E-state index in [1.165, 1.54) is 6.20 Å². The number of rotatable bonds is 1. The highest BCUT2D eigenvalue weighted by atomic mass is 35.5. The van der Waals surface area contributed by atoms with Gasteiger partial charge in [-0.05, 0) is 18.9 Å². The maximum atomic E-state index is 8.92. The number of pyridine rings is 1.